The number of methoxy groups -OCH3 is 1. The standard InChI is InChI=1S/C43H58N2O10/c1-8-21-53-43-38(45(5)41(49)52-27-42(2,3)4)25-35(44-51-7)33-23-28(13-9-11-19-46)32(14-10-12-20-47)39(40(33)43)34-24-31(16-18-37(34)55-43)54-30-15-17-36(50-6)29(22-30)26-48/h8,15-18,22-24,26,28,32,38-40,46-47H,1,9-14,19-21,25,27H2,2-7H3. The van der Waals surface area contributed by atoms with Crippen molar-refractivity contribution in [3.8, 4) is 23.0 Å². The molecule has 2 aromatic carbocycles. The van der Waals surface area contributed by atoms with Gasteiger partial charge in [0.2, 0.25) is 5.79 Å². The highest BCUT2D eigenvalue weighted by atomic mass is 16.7. The summed E-state index contributed by atoms with van der Waals surface area (Å²) in [6, 6.07) is 10.1. The number of hydrogen-bond donors (Lipinski definition) is 2. The molecule has 1 aliphatic heterocycles. The van der Waals surface area contributed by atoms with Crippen molar-refractivity contribution in [2.24, 2.45) is 28.3 Å². The van der Waals surface area contributed by atoms with Crippen LogP contribution in [0.1, 0.15) is 87.6 Å². The summed E-state index contributed by atoms with van der Waals surface area (Å²) in [5.74, 6) is 0.120. The van der Waals surface area contributed by atoms with E-state index in [4.69, 9.17) is 28.5 Å². The van der Waals surface area contributed by atoms with E-state index in [1.807, 2.05) is 39.0 Å². The van der Waals surface area contributed by atoms with Crippen LogP contribution in [0.25, 0.3) is 0 Å². The second-order valence-corrected chi connectivity index (χ2v) is 15.8. The number of likely N-dealkylation sites (N-methyl/N-ethyl adjacent to an activating group) is 1. The Morgan fingerprint density at radius 2 is 1.76 bits per heavy atom. The molecule has 6 unspecified atom stereocenters. The van der Waals surface area contributed by atoms with E-state index in [-0.39, 0.29) is 56.0 Å². The van der Waals surface area contributed by atoms with E-state index in [2.05, 4.69) is 17.8 Å². The molecule has 1 amide bonds. The van der Waals surface area contributed by atoms with E-state index < -0.39 is 23.8 Å². The number of hydrogen-bond acceptors (Lipinski definition) is 11. The second-order valence-electron chi connectivity index (χ2n) is 15.8. The lowest BCUT2D eigenvalue weighted by atomic mass is 9.55. The highest BCUT2D eigenvalue weighted by Gasteiger charge is 2.65. The zero-order valence-corrected chi connectivity index (χ0v) is 33.1. The molecule has 12 heteroatoms. The third-order valence-electron chi connectivity index (χ3n) is 10.8. The normalized spacial score (nSPS) is 24.8. The number of ether oxygens (including phenoxy) is 5. The lowest BCUT2D eigenvalue weighted by Gasteiger charge is -2.59. The van der Waals surface area contributed by atoms with Crippen molar-refractivity contribution in [2.45, 2.75) is 83.5 Å². The highest BCUT2D eigenvalue weighted by Crippen LogP contribution is 2.62. The molecule has 6 atom stereocenters. The first-order chi connectivity index (χ1) is 26.4. The Kier molecular flexibility index (Phi) is 14.0. The van der Waals surface area contributed by atoms with E-state index >= 15 is 0 Å². The molecule has 2 aliphatic carbocycles. The predicted molar refractivity (Wildman–Crippen MR) is 209 cm³/mol. The largest absolute Gasteiger partial charge is 0.496 e. The number of aldehydes is 1. The SMILES string of the molecule is C=CCOC12Oc3ccc(Oc4ccc(OC)c(C=O)c4)cc3C3C(CCCCO)C(CCCCO)C=C(C(=NOC)CC1N(C)C(=O)OCC(C)(C)C)C32. The van der Waals surface area contributed by atoms with Crippen molar-refractivity contribution in [2.75, 3.05) is 47.7 Å². The Morgan fingerprint density at radius 3 is 2.42 bits per heavy atom. The van der Waals surface area contributed by atoms with Crippen molar-refractivity contribution in [1.82, 2.24) is 4.90 Å². The number of unbranched alkanes of at least 4 members (excludes halogenated alkanes) is 2. The number of aliphatic hydroxyl groups excluding tert-OH is 2. The molecule has 2 N–H and O–H groups in total. The lowest BCUT2D eigenvalue weighted by molar-refractivity contribution is -0.253. The van der Waals surface area contributed by atoms with Crippen molar-refractivity contribution in [1.29, 1.82) is 0 Å². The van der Waals surface area contributed by atoms with Crippen LogP contribution in [-0.4, -0.2) is 92.7 Å². The Labute approximate surface area is 325 Å². The Bertz CT molecular complexity index is 1720. The average molecular weight is 763 g/mol. The lowest BCUT2D eigenvalue weighted by Crippen LogP contribution is -2.69. The summed E-state index contributed by atoms with van der Waals surface area (Å²) in [4.78, 5) is 32.7. The number of amides is 1. The fourth-order valence-corrected chi connectivity index (χ4v) is 8.41. The third-order valence-corrected chi connectivity index (χ3v) is 10.8. The topological polar surface area (TPSA) is 146 Å². The summed E-state index contributed by atoms with van der Waals surface area (Å²) in [5.41, 5.74) is 2.65. The Morgan fingerprint density at radius 1 is 1.05 bits per heavy atom. The number of nitrogens with zero attached hydrogens (tertiary/aromatic N) is 2. The van der Waals surface area contributed by atoms with Crippen LogP contribution in [0.5, 0.6) is 23.0 Å². The Hall–Kier alpha value is -4.39. The summed E-state index contributed by atoms with van der Waals surface area (Å²) in [5, 5.41) is 24.2. The van der Waals surface area contributed by atoms with Gasteiger partial charge < -0.3 is 43.6 Å². The van der Waals surface area contributed by atoms with Gasteiger partial charge in [0.25, 0.3) is 0 Å². The summed E-state index contributed by atoms with van der Waals surface area (Å²) >= 11 is 0. The van der Waals surface area contributed by atoms with E-state index in [1.165, 1.54) is 14.2 Å². The van der Waals surface area contributed by atoms with Gasteiger partial charge in [-0.1, -0.05) is 50.9 Å². The second kappa shape index (κ2) is 18.5. The molecule has 0 bridgehead atoms. The van der Waals surface area contributed by atoms with E-state index in [1.54, 1.807) is 36.2 Å². The molecule has 0 radical (unpaired) electrons. The zero-order valence-electron chi connectivity index (χ0n) is 33.1. The molecule has 5 rings (SSSR count). The maximum absolute atomic E-state index is 13.9. The van der Waals surface area contributed by atoms with E-state index in [0.717, 1.165) is 43.1 Å². The molecule has 1 fully saturated rings. The van der Waals surface area contributed by atoms with Crippen molar-refractivity contribution in [3.05, 3.63) is 71.8 Å². The van der Waals surface area contributed by atoms with Crippen LogP contribution in [0, 0.1) is 23.2 Å². The summed E-state index contributed by atoms with van der Waals surface area (Å²) in [7, 11) is 4.74. The maximum Gasteiger partial charge on any atom is 0.410 e. The van der Waals surface area contributed by atoms with Gasteiger partial charge in [0, 0.05) is 38.2 Å². The van der Waals surface area contributed by atoms with Crippen molar-refractivity contribution >= 4 is 18.1 Å². The molecular weight excluding hydrogens is 704 g/mol. The fraction of sp³-hybridized carbons (Fsp3) is 0.558. The van der Waals surface area contributed by atoms with E-state index in [0.29, 0.717) is 47.1 Å². The number of oxime groups is 1. The first kappa shape index (κ1) is 41.8. The van der Waals surface area contributed by atoms with Crippen LogP contribution in [0.15, 0.2) is 65.9 Å². The molecule has 12 nitrogen and oxygen atoms in total. The van der Waals surface area contributed by atoms with Gasteiger partial charge >= 0.3 is 6.09 Å². The smallest absolute Gasteiger partial charge is 0.410 e. The molecule has 1 heterocycles. The number of aliphatic hydroxyl groups is 2. The number of benzene rings is 2. The zero-order chi connectivity index (χ0) is 39.8. The first-order valence-electron chi connectivity index (χ1n) is 19.3. The van der Waals surface area contributed by atoms with Gasteiger partial charge in [-0.05, 0) is 84.9 Å². The molecule has 3 aliphatic rings. The van der Waals surface area contributed by atoms with Gasteiger partial charge in [-0.25, -0.2) is 4.79 Å². The van der Waals surface area contributed by atoms with Gasteiger partial charge in [-0.3, -0.25) is 4.79 Å². The quantitative estimate of drug-likeness (QED) is 0.0672. The molecule has 55 heavy (non-hydrogen) atoms. The molecule has 300 valence electrons. The number of fused-ring (bicyclic) bond motifs is 2. The minimum absolute atomic E-state index is 0.0481. The van der Waals surface area contributed by atoms with Crippen molar-refractivity contribution in [3.63, 3.8) is 0 Å². The average Bonchev–Trinajstić information content (AvgIpc) is 3.17. The number of rotatable bonds is 18. The van der Waals surface area contributed by atoms with Crippen LogP contribution in [0.4, 0.5) is 4.79 Å². The van der Waals surface area contributed by atoms with Crippen molar-refractivity contribution < 1.29 is 48.3 Å². The molecule has 0 saturated heterocycles. The number of carbonyl (C=O) groups is 2. The van der Waals surface area contributed by atoms with Gasteiger partial charge in [0.05, 0.1) is 37.5 Å². The minimum Gasteiger partial charge on any atom is -0.496 e. The van der Waals surface area contributed by atoms with Gasteiger partial charge in [0.1, 0.15) is 36.1 Å². The van der Waals surface area contributed by atoms with Crippen LogP contribution in [-0.2, 0) is 14.3 Å². The number of allylic oxidation sites excluding steroid dienone is 1. The maximum atomic E-state index is 13.9. The van der Waals surface area contributed by atoms with Gasteiger partial charge in [-0.2, -0.15) is 0 Å². The molecule has 0 spiro atoms. The highest BCUT2D eigenvalue weighted by molar-refractivity contribution is 6.02. The third kappa shape index (κ3) is 9.19. The van der Waals surface area contributed by atoms with Crippen LogP contribution < -0.4 is 14.2 Å². The Balaban J connectivity index is 1.72. The first-order valence-corrected chi connectivity index (χ1v) is 19.3. The predicted octanol–water partition coefficient (Wildman–Crippen LogP) is 7.68. The van der Waals surface area contributed by atoms with Crippen LogP contribution in [0.3, 0.4) is 0 Å². The van der Waals surface area contributed by atoms with Gasteiger partial charge in [0.15, 0.2) is 6.29 Å². The number of carbonyl (C=O) groups excluding carboxylic acids is 2. The molecule has 2 aromatic rings. The molecule has 0 aromatic heterocycles. The summed E-state index contributed by atoms with van der Waals surface area (Å²) in [6.45, 7) is 10.5. The summed E-state index contributed by atoms with van der Waals surface area (Å²) in [6.07, 6.45) is 9.01. The van der Waals surface area contributed by atoms with Crippen LogP contribution in [0.2, 0.25) is 0 Å². The fourth-order valence-electron chi connectivity index (χ4n) is 8.41. The molecule has 1 saturated carbocycles. The van der Waals surface area contributed by atoms with Crippen LogP contribution >= 0.6 is 0 Å². The molecular formula is C43H58N2O10. The minimum atomic E-state index is -1.39. The summed E-state index contributed by atoms with van der Waals surface area (Å²) < 4.78 is 31.6. The monoisotopic (exact) mass is 762 g/mol. The van der Waals surface area contributed by atoms with Gasteiger partial charge in [-0.15, -0.1) is 6.58 Å². The van der Waals surface area contributed by atoms with E-state index in [9.17, 15) is 19.8 Å².